The highest BCUT2D eigenvalue weighted by atomic mass is 16.5. The van der Waals surface area contributed by atoms with Gasteiger partial charge >= 0.3 is 0 Å². The van der Waals surface area contributed by atoms with Gasteiger partial charge < -0.3 is 10.5 Å². The van der Waals surface area contributed by atoms with E-state index in [-0.39, 0.29) is 5.41 Å². The molecule has 0 heterocycles. The Balaban J connectivity index is 1.43. The standard InChI is InChI=1S/C22H29NO/c23-18-22(20-11-5-2-6-12-20)15-13-21(14-16-22)24-17-7-10-19-8-3-1-4-9-19/h1-6,8-9,11-12,21H,7,10,13-18,23H2. The van der Waals surface area contributed by atoms with Crippen molar-refractivity contribution >= 4 is 0 Å². The Kier molecular flexibility index (Phi) is 6.06. The molecule has 2 N–H and O–H groups in total. The highest BCUT2D eigenvalue weighted by molar-refractivity contribution is 5.26. The molecule has 0 spiro atoms. The van der Waals surface area contributed by atoms with E-state index in [1.54, 1.807) is 0 Å². The molecule has 0 saturated heterocycles. The maximum Gasteiger partial charge on any atom is 0.0575 e. The molecule has 0 radical (unpaired) electrons. The molecule has 2 heteroatoms. The van der Waals surface area contributed by atoms with Crippen molar-refractivity contribution in [1.82, 2.24) is 0 Å². The average Bonchev–Trinajstić information content (AvgIpc) is 2.67. The Morgan fingerprint density at radius 3 is 2.17 bits per heavy atom. The Morgan fingerprint density at radius 2 is 1.54 bits per heavy atom. The molecule has 0 aromatic heterocycles. The van der Waals surface area contributed by atoms with Crippen LogP contribution in [0.5, 0.6) is 0 Å². The first-order valence-corrected chi connectivity index (χ1v) is 9.23. The second-order valence-electron chi connectivity index (χ2n) is 7.01. The molecule has 2 aromatic rings. The molecule has 0 bridgehead atoms. The van der Waals surface area contributed by atoms with Crippen LogP contribution in [-0.4, -0.2) is 19.3 Å². The van der Waals surface area contributed by atoms with Gasteiger partial charge in [-0.3, -0.25) is 0 Å². The summed E-state index contributed by atoms with van der Waals surface area (Å²) in [4.78, 5) is 0. The maximum absolute atomic E-state index is 6.16. The Hall–Kier alpha value is -1.64. The first kappa shape index (κ1) is 17.2. The third kappa shape index (κ3) is 4.25. The van der Waals surface area contributed by atoms with Gasteiger partial charge in [-0.2, -0.15) is 0 Å². The molecule has 128 valence electrons. The third-order valence-corrected chi connectivity index (χ3v) is 5.47. The van der Waals surface area contributed by atoms with Crippen molar-refractivity contribution in [3.8, 4) is 0 Å². The minimum Gasteiger partial charge on any atom is -0.378 e. The smallest absolute Gasteiger partial charge is 0.0575 e. The van der Waals surface area contributed by atoms with Gasteiger partial charge in [0.15, 0.2) is 0 Å². The number of hydrogen-bond donors (Lipinski definition) is 1. The van der Waals surface area contributed by atoms with Crippen molar-refractivity contribution in [3.63, 3.8) is 0 Å². The van der Waals surface area contributed by atoms with Crippen LogP contribution in [0.3, 0.4) is 0 Å². The van der Waals surface area contributed by atoms with Crippen LogP contribution in [0.25, 0.3) is 0 Å². The first-order chi connectivity index (χ1) is 11.8. The summed E-state index contributed by atoms with van der Waals surface area (Å²) in [7, 11) is 0. The Morgan fingerprint density at radius 1 is 0.917 bits per heavy atom. The lowest BCUT2D eigenvalue weighted by Gasteiger charge is -2.40. The number of aryl methyl sites for hydroxylation is 1. The minimum absolute atomic E-state index is 0.158. The van der Waals surface area contributed by atoms with E-state index < -0.39 is 0 Å². The highest BCUT2D eigenvalue weighted by Gasteiger charge is 2.35. The van der Waals surface area contributed by atoms with E-state index >= 15 is 0 Å². The molecule has 2 nitrogen and oxygen atoms in total. The summed E-state index contributed by atoms with van der Waals surface area (Å²) in [6.45, 7) is 1.60. The van der Waals surface area contributed by atoms with Crippen molar-refractivity contribution < 1.29 is 4.74 Å². The Bertz CT molecular complexity index is 588. The largest absolute Gasteiger partial charge is 0.378 e. The second kappa shape index (κ2) is 8.46. The van der Waals surface area contributed by atoms with Crippen LogP contribution in [0.1, 0.15) is 43.2 Å². The van der Waals surface area contributed by atoms with Crippen LogP contribution >= 0.6 is 0 Å². The second-order valence-corrected chi connectivity index (χ2v) is 7.01. The van der Waals surface area contributed by atoms with Crippen LogP contribution in [0.4, 0.5) is 0 Å². The predicted octanol–water partition coefficient (Wildman–Crippen LogP) is 4.48. The molecule has 1 fully saturated rings. The third-order valence-electron chi connectivity index (χ3n) is 5.47. The van der Waals surface area contributed by atoms with Gasteiger partial charge in [0, 0.05) is 18.6 Å². The molecule has 24 heavy (non-hydrogen) atoms. The maximum atomic E-state index is 6.16. The first-order valence-electron chi connectivity index (χ1n) is 9.23. The molecule has 3 rings (SSSR count). The van der Waals surface area contributed by atoms with Gasteiger partial charge in [-0.25, -0.2) is 0 Å². The van der Waals surface area contributed by atoms with Gasteiger partial charge in [0.25, 0.3) is 0 Å². The zero-order valence-electron chi connectivity index (χ0n) is 14.5. The molecule has 2 aromatic carbocycles. The van der Waals surface area contributed by atoms with E-state index in [9.17, 15) is 0 Å². The molecule has 0 aliphatic heterocycles. The number of hydrogen-bond acceptors (Lipinski definition) is 2. The van der Waals surface area contributed by atoms with Gasteiger partial charge in [-0.05, 0) is 49.7 Å². The van der Waals surface area contributed by atoms with Crippen molar-refractivity contribution in [2.24, 2.45) is 5.73 Å². The number of nitrogens with two attached hydrogens (primary N) is 1. The molecule has 1 aliphatic rings. The summed E-state index contributed by atoms with van der Waals surface area (Å²) >= 11 is 0. The number of ether oxygens (including phenoxy) is 1. The van der Waals surface area contributed by atoms with Crippen molar-refractivity contribution in [1.29, 1.82) is 0 Å². The monoisotopic (exact) mass is 323 g/mol. The van der Waals surface area contributed by atoms with Crippen molar-refractivity contribution in [2.75, 3.05) is 13.2 Å². The van der Waals surface area contributed by atoms with Crippen LogP contribution in [-0.2, 0) is 16.6 Å². The summed E-state index contributed by atoms with van der Waals surface area (Å²) in [6, 6.07) is 21.4. The fraction of sp³-hybridized carbons (Fsp3) is 0.455. The fourth-order valence-corrected chi connectivity index (χ4v) is 3.88. The molecule has 1 aliphatic carbocycles. The fourth-order valence-electron chi connectivity index (χ4n) is 3.88. The van der Waals surface area contributed by atoms with Crippen molar-refractivity contribution in [3.05, 3.63) is 71.8 Å². The predicted molar refractivity (Wildman–Crippen MR) is 100 cm³/mol. The van der Waals surface area contributed by atoms with Crippen LogP contribution in [0.15, 0.2) is 60.7 Å². The van der Waals surface area contributed by atoms with E-state index in [1.807, 2.05) is 0 Å². The van der Waals surface area contributed by atoms with Crippen molar-refractivity contribution in [2.45, 2.75) is 50.0 Å². The van der Waals surface area contributed by atoms with Gasteiger partial charge in [0.05, 0.1) is 6.10 Å². The summed E-state index contributed by atoms with van der Waals surface area (Å²) in [6.07, 6.45) is 7.12. The molecular formula is C22H29NO. The number of rotatable bonds is 7. The van der Waals surface area contributed by atoms with Gasteiger partial charge in [0.2, 0.25) is 0 Å². The quantitative estimate of drug-likeness (QED) is 0.763. The molecule has 0 amide bonds. The zero-order valence-corrected chi connectivity index (χ0v) is 14.5. The number of benzene rings is 2. The lowest BCUT2D eigenvalue weighted by molar-refractivity contribution is 0.0121. The SMILES string of the molecule is NCC1(c2ccccc2)CCC(OCCCc2ccccc2)CC1. The van der Waals surface area contributed by atoms with Gasteiger partial charge in [0.1, 0.15) is 0 Å². The van der Waals surface area contributed by atoms with Crippen LogP contribution in [0, 0.1) is 0 Å². The lowest BCUT2D eigenvalue weighted by atomic mass is 9.69. The highest BCUT2D eigenvalue weighted by Crippen LogP contribution is 2.39. The van der Waals surface area contributed by atoms with Crippen LogP contribution in [0.2, 0.25) is 0 Å². The van der Waals surface area contributed by atoms with E-state index in [0.29, 0.717) is 6.10 Å². The lowest BCUT2D eigenvalue weighted by Crippen LogP contribution is -2.40. The molecule has 0 atom stereocenters. The normalized spacial score (nSPS) is 24.0. The topological polar surface area (TPSA) is 35.2 Å². The Labute approximate surface area is 146 Å². The average molecular weight is 323 g/mol. The zero-order chi connectivity index (χ0) is 16.7. The molecule has 1 saturated carbocycles. The van der Waals surface area contributed by atoms with E-state index in [0.717, 1.165) is 51.7 Å². The summed E-state index contributed by atoms with van der Waals surface area (Å²) in [5.41, 5.74) is 9.12. The van der Waals surface area contributed by atoms with Crippen LogP contribution < -0.4 is 5.73 Å². The summed E-state index contributed by atoms with van der Waals surface area (Å²) in [5.74, 6) is 0. The molecular weight excluding hydrogens is 294 g/mol. The van der Waals surface area contributed by atoms with E-state index in [2.05, 4.69) is 60.7 Å². The van der Waals surface area contributed by atoms with E-state index in [4.69, 9.17) is 10.5 Å². The van der Waals surface area contributed by atoms with Gasteiger partial charge in [-0.1, -0.05) is 60.7 Å². The summed E-state index contributed by atoms with van der Waals surface area (Å²) in [5, 5.41) is 0. The van der Waals surface area contributed by atoms with E-state index in [1.165, 1.54) is 11.1 Å². The summed E-state index contributed by atoms with van der Waals surface area (Å²) < 4.78 is 6.14. The van der Waals surface area contributed by atoms with Gasteiger partial charge in [-0.15, -0.1) is 0 Å². The minimum atomic E-state index is 0.158. The molecule has 0 unspecified atom stereocenters.